The van der Waals surface area contributed by atoms with Crippen LogP contribution in [0.15, 0.2) is 27.1 Å². The molecule has 1 amide bonds. The highest BCUT2D eigenvalue weighted by molar-refractivity contribution is 9.11. The van der Waals surface area contributed by atoms with Crippen molar-refractivity contribution in [3.63, 3.8) is 0 Å². The van der Waals surface area contributed by atoms with Crippen LogP contribution in [0, 0.1) is 0 Å². The number of carbonyl (C=O) groups is 1. The van der Waals surface area contributed by atoms with E-state index in [-0.39, 0.29) is 11.9 Å². The van der Waals surface area contributed by atoms with Crippen LogP contribution in [0.3, 0.4) is 0 Å². The van der Waals surface area contributed by atoms with Crippen molar-refractivity contribution in [2.45, 2.75) is 19.4 Å². The molecule has 0 heterocycles. The molecule has 18 heavy (non-hydrogen) atoms. The minimum Gasteiger partial charge on any atom is -0.350 e. The Morgan fingerprint density at radius 2 is 2.06 bits per heavy atom. The molecular formula is C13H18Br2N2O. The summed E-state index contributed by atoms with van der Waals surface area (Å²) in [4.78, 5) is 14.2. The molecular weight excluding hydrogens is 360 g/mol. The molecule has 3 nitrogen and oxygen atoms in total. The van der Waals surface area contributed by atoms with E-state index in [1.54, 1.807) is 0 Å². The quantitative estimate of drug-likeness (QED) is 0.853. The van der Waals surface area contributed by atoms with E-state index < -0.39 is 0 Å². The molecule has 0 bridgehead atoms. The number of amides is 1. The lowest BCUT2D eigenvalue weighted by Crippen LogP contribution is -2.34. The lowest BCUT2D eigenvalue weighted by atomic mass is 10.1. The number of nitrogens with one attached hydrogen (secondary N) is 1. The van der Waals surface area contributed by atoms with Gasteiger partial charge in [0.25, 0.3) is 5.91 Å². The van der Waals surface area contributed by atoms with Gasteiger partial charge in [0.05, 0.1) is 5.56 Å². The Morgan fingerprint density at radius 1 is 1.39 bits per heavy atom. The van der Waals surface area contributed by atoms with Gasteiger partial charge in [-0.1, -0.05) is 15.9 Å². The highest BCUT2D eigenvalue weighted by Crippen LogP contribution is 2.21. The molecule has 0 fully saturated rings. The van der Waals surface area contributed by atoms with Crippen molar-refractivity contribution < 1.29 is 4.79 Å². The molecule has 0 saturated heterocycles. The van der Waals surface area contributed by atoms with Crippen LogP contribution >= 0.6 is 31.9 Å². The maximum Gasteiger partial charge on any atom is 0.252 e. The third-order valence-corrected chi connectivity index (χ3v) is 3.71. The second kappa shape index (κ2) is 7.26. The first kappa shape index (κ1) is 15.7. The lowest BCUT2D eigenvalue weighted by Gasteiger charge is -2.17. The van der Waals surface area contributed by atoms with Gasteiger partial charge < -0.3 is 10.2 Å². The predicted octanol–water partition coefficient (Wildman–Crippen LogP) is 3.28. The van der Waals surface area contributed by atoms with Crippen LogP contribution in [0.4, 0.5) is 0 Å². The Kier molecular flexibility index (Phi) is 6.32. The van der Waals surface area contributed by atoms with E-state index >= 15 is 0 Å². The molecule has 5 heteroatoms. The van der Waals surface area contributed by atoms with E-state index in [9.17, 15) is 4.79 Å². The van der Waals surface area contributed by atoms with Crippen LogP contribution < -0.4 is 5.32 Å². The van der Waals surface area contributed by atoms with Crippen molar-refractivity contribution >= 4 is 37.8 Å². The molecule has 1 rings (SSSR count). The van der Waals surface area contributed by atoms with Crippen LogP contribution in [0.25, 0.3) is 0 Å². The van der Waals surface area contributed by atoms with E-state index in [4.69, 9.17) is 0 Å². The van der Waals surface area contributed by atoms with Gasteiger partial charge in [0.1, 0.15) is 0 Å². The van der Waals surface area contributed by atoms with Gasteiger partial charge >= 0.3 is 0 Å². The number of carbonyl (C=O) groups excluding carboxylic acids is 1. The van der Waals surface area contributed by atoms with Gasteiger partial charge in [0.15, 0.2) is 0 Å². The van der Waals surface area contributed by atoms with Gasteiger partial charge in [-0.2, -0.15) is 0 Å². The summed E-state index contributed by atoms with van der Waals surface area (Å²) in [6, 6.07) is 5.71. The van der Waals surface area contributed by atoms with Gasteiger partial charge in [-0.15, -0.1) is 0 Å². The Morgan fingerprint density at radius 3 is 2.61 bits per heavy atom. The zero-order valence-electron chi connectivity index (χ0n) is 10.8. The molecule has 0 aliphatic carbocycles. The summed E-state index contributed by atoms with van der Waals surface area (Å²) in [5, 5.41) is 3.00. The molecule has 0 spiro atoms. The minimum atomic E-state index is -0.0411. The molecule has 1 aromatic carbocycles. The van der Waals surface area contributed by atoms with Gasteiger partial charge in [0.2, 0.25) is 0 Å². The molecule has 1 N–H and O–H groups in total. The number of hydrogen-bond acceptors (Lipinski definition) is 2. The molecule has 100 valence electrons. The maximum atomic E-state index is 12.1. The number of benzene rings is 1. The standard InChI is InChI=1S/C13H18Br2N2O/c1-9(6-7-17(2)3)16-13(18)11-5-4-10(14)8-12(11)15/h4-5,8-9H,6-7H2,1-3H3,(H,16,18). The largest absolute Gasteiger partial charge is 0.350 e. The fourth-order valence-corrected chi connectivity index (χ4v) is 2.73. The number of hydrogen-bond donors (Lipinski definition) is 1. The van der Waals surface area contributed by atoms with Gasteiger partial charge in [-0.25, -0.2) is 0 Å². The number of nitrogens with zero attached hydrogens (tertiary/aromatic N) is 1. The number of rotatable bonds is 5. The average molecular weight is 378 g/mol. The molecule has 1 atom stereocenters. The van der Waals surface area contributed by atoms with E-state index in [1.165, 1.54) is 0 Å². The highest BCUT2D eigenvalue weighted by Gasteiger charge is 2.13. The van der Waals surface area contributed by atoms with Crippen LogP contribution in [0.5, 0.6) is 0 Å². The smallest absolute Gasteiger partial charge is 0.252 e. The Labute approximate surface area is 125 Å². The predicted molar refractivity (Wildman–Crippen MR) is 81.9 cm³/mol. The maximum absolute atomic E-state index is 12.1. The highest BCUT2D eigenvalue weighted by atomic mass is 79.9. The Balaban J connectivity index is 2.59. The molecule has 1 unspecified atom stereocenters. The molecule has 1 aromatic rings. The molecule has 0 radical (unpaired) electrons. The molecule has 0 saturated carbocycles. The average Bonchev–Trinajstić information content (AvgIpc) is 2.26. The molecule has 0 aromatic heterocycles. The van der Waals surface area contributed by atoms with E-state index in [0.717, 1.165) is 21.9 Å². The van der Waals surface area contributed by atoms with E-state index in [0.29, 0.717) is 5.56 Å². The fourth-order valence-electron chi connectivity index (χ4n) is 1.50. The van der Waals surface area contributed by atoms with Crippen molar-refractivity contribution in [3.8, 4) is 0 Å². The van der Waals surface area contributed by atoms with Crippen molar-refractivity contribution in [2.75, 3.05) is 20.6 Å². The second-order valence-electron chi connectivity index (χ2n) is 4.59. The minimum absolute atomic E-state index is 0.0411. The summed E-state index contributed by atoms with van der Waals surface area (Å²) in [5.74, 6) is -0.0411. The topological polar surface area (TPSA) is 32.3 Å². The summed E-state index contributed by atoms with van der Waals surface area (Å²) in [6.45, 7) is 2.98. The fraction of sp³-hybridized carbons (Fsp3) is 0.462. The first-order valence-corrected chi connectivity index (χ1v) is 7.39. The van der Waals surface area contributed by atoms with E-state index in [1.807, 2.05) is 39.2 Å². The summed E-state index contributed by atoms with van der Waals surface area (Å²) < 4.78 is 1.75. The molecule has 0 aliphatic heterocycles. The summed E-state index contributed by atoms with van der Waals surface area (Å²) in [6.07, 6.45) is 0.937. The van der Waals surface area contributed by atoms with Gasteiger partial charge in [0, 0.05) is 15.0 Å². The Hall–Kier alpha value is -0.390. The Bertz CT molecular complexity index is 421. The van der Waals surface area contributed by atoms with Crippen molar-refractivity contribution in [1.29, 1.82) is 0 Å². The zero-order valence-corrected chi connectivity index (χ0v) is 14.0. The van der Waals surface area contributed by atoms with Crippen LogP contribution in [0.2, 0.25) is 0 Å². The first-order chi connectivity index (χ1) is 8.40. The van der Waals surface area contributed by atoms with Crippen molar-refractivity contribution in [1.82, 2.24) is 10.2 Å². The van der Waals surface area contributed by atoms with Crippen molar-refractivity contribution in [2.24, 2.45) is 0 Å². The third kappa shape index (κ3) is 5.08. The monoisotopic (exact) mass is 376 g/mol. The lowest BCUT2D eigenvalue weighted by molar-refractivity contribution is 0.0936. The summed E-state index contributed by atoms with van der Waals surface area (Å²) in [7, 11) is 4.06. The van der Waals surface area contributed by atoms with E-state index in [2.05, 4.69) is 42.1 Å². The second-order valence-corrected chi connectivity index (χ2v) is 6.36. The summed E-state index contributed by atoms with van der Waals surface area (Å²) in [5.41, 5.74) is 0.662. The van der Waals surface area contributed by atoms with Crippen LogP contribution in [-0.4, -0.2) is 37.5 Å². The van der Waals surface area contributed by atoms with Crippen LogP contribution in [-0.2, 0) is 0 Å². The summed E-state index contributed by atoms with van der Waals surface area (Å²) >= 11 is 6.77. The SMILES string of the molecule is CC(CCN(C)C)NC(=O)c1ccc(Br)cc1Br. The van der Waals surface area contributed by atoms with Gasteiger partial charge in [-0.3, -0.25) is 4.79 Å². The first-order valence-electron chi connectivity index (χ1n) is 5.81. The van der Waals surface area contributed by atoms with Crippen LogP contribution in [0.1, 0.15) is 23.7 Å². The molecule has 0 aliphatic rings. The normalized spacial score (nSPS) is 12.6. The van der Waals surface area contributed by atoms with Gasteiger partial charge in [-0.05, 0) is 68.1 Å². The third-order valence-electron chi connectivity index (χ3n) is 2.56. The zero-order chi connectivity index (χ0) is 13.7. The van der Waals surface area contributed by atoms with Crippen molar-refractivity contribution in [3.05, 3.63) is 32.7 Å². The number of halogens is 2.